The van der Waals surface area contributed by atoms with Gasteiger partial charge in [0.25, 0.3) is 0 Å². The molecule has 8 heteroatoms. The van der Waals surface area contributed by atoms with Gasteiger partial charge >= 0.3 is 5.97 Å². The first-order valence-corrected chi connectivity index (χ1v) is 8.29. The Morgan fingerprint density at radius 3 is 2.76 bits per heavy atom. The topological polar surface area (TPSA) is 81.9 Å². The van der Waals surface area contributed by atoms with Crippen molar-refractivity contribution in [3.63, 3.8) is 0 Å². The van der Waals surface area contributed by atoms with Crippen LogP contribution in [0.15, 0.2) is 5.16 Å². The summed E-state index contributed by atoms with van der Waals surface area (Å²) in [6, 6.07) is 0. The van der Waals surface area contributed by atoms with Gasteiger partial charge < -0.3 is 10.1 Å². The second kappa shape index (κ2) is 8.99. The fraction of sp³-hybridized carbons (Fsp3) is 0.846. The Labute approximate surface area is 130 Å². The van der Waals surface area contributed by atoms with Crippen LogP contribution in [0.5, 0.6) is 0 Å². The molecule has 21 heavy (non-hydrogen) atoms. The van der Waals surface area contributed by atoms with E-state index in [2.05, 4.69) is 20.8 Å². The Morgan fingerprint density at radius 2 is 2.19 bits per heavy atom. The zero-order valence-electron chi connectivity index (χ0n) is 13.3. The molecule has 1 unspecified atom stereocenters. The minimum absolute atomic E-state index is 0.169. The molecule has 1 atom stereocenters. The van der Waals surface area contributed by atoms with Gasteiger partial charge in [0.2, 0.25) is 5.16 Å². The summed E-state index contributed by atoms with van der Waals surface area (Å²) in [6.45, 7) is 6.89. The van der Waals surface area contributed by atoms with Crippen molar-refractivity contribution in [3.8, 4) is 0 Å². The summed E-state index contributed by atoms with van der Waals surface area (Å²) in [5, 5.41) is 15.4. The molecule has 1 heterocycles. The maximum absolute atomic E-state index is 12.0. The van der Waals surface area contributed by atoms with Crippen LogP contribution in [0.4, 0.5) is 0 Å². The van der Waals surface area contributed by atoms with E-state index < -0.39 is 5.54 Å². The summed E-state index contributed by atoms with van der Waals surface area (Å²) < 4.78 is 6.81. The highest BCUT2D eigenvalue weighted by Crippen LogP contribution is 2.19. The van der Waals surface area contributed by atoms with E-state index in [9.17, 15) is 4.79 Å². The molecule has 0 fully saturated rings. The van der Waals surface area contributed by atoms with Crippen molar-refractivity contribution in [3.05, 3.63) is 0 Å². The van der Waals surface area contributed by atoms with Crippen LogP contribution in [-0.2, 0) is 16.6 Å². The fourth-order valence-corrected chi connectivity index (χ4v) is 2.88. The zero-order chi connectivity index (χ0) is 15.7. The smallest absolute Gasteiger partial charge is 0.326 e. The number of aryl methyl sites for hydroxylation is 1. The number of aromatic nitrogens is 4. The number of carbonyl (C=O) groups is 1. The molecular weight excluding hydrogens is 290 g/mol. The van der Waals surface area contributed by atoms with Gasteiger partial charge in [-0.3, -0.25) is 4.79 Å². The van der Waals surface area contributed by atoms with Crippen LogP contribution in [0.1, 0.15) is 40.0 Å². The van der Waals surface area contributed by atoms with Crippen LogP contribution >= 0.6 is 11.8 Å². The Hall–Kier alpha value is -1.15. The van der Waals surface area contributed by atoms with E-state index in [0.29, 0.717) is 6.61 Å². The van der Waals surface area contributed by atoms with Crippen LogP contribution in [0.25, 0.3) is 0 Å². The lowest BCUT2D eigenvalue weighted by Crippen LogP contribution is -2.50. The molecule has 0 saturated heterocycles. The van der Waals surface area contributed by atoms with Crippen molar-refractivity contribution in [2.45, 2.75) is 50.7 Å². The number of hydrogen-bond acceptors (Lipinski definition) is 7. The molecule has 7 nitrogen and oxygen atoms in total. The summed E-state index contributed by atoms with van der Waals surface area (Å²) in [7, 11) is 1.82. The number of esters is 1. The lowest BCUT2D eigenvalue weighted by atomic mass is 9.95. The molecule has 1 rings (SSSR count). The van der Waals surface area contributed by atoms with E-state index >= 15 is 0 Å². The minimum Gasteiger partial charge on any atom is -0.465 e. The lowest BCUT2D eigenvalue weighted by Gasteiger charge is -2.28. The van der Waals surface area contributed by atoms with Crippen molar-refractivity contribution < 1.29 is 9.53 Å². The third kappa shape index (κ3) is 5.62. The lowest BCUT2D eigenvalue weighted by molar-refractivity contribution is -0.150. The number of thioether (sulfide) groups is 1. The molecular formula is C13H25N5O2S. The predicted molar refractivity (Wildman–Crippen MR) is 82.1 cm³/mol. The number of ether oxygens (including phenoxy) is 1. The molecule has 0 bridgehead atoms. The SMILES string of the molecule is CCNC(C)(CCCCSc1nnnn1C)C(=O)OCC. The maximum atomic E-state index is 12.0. The molecule has 120 valence electrons. The van der Waals surface area contributed by atoms with Crippen LogP contribution in [0.3, 0.4) is 0 Å². The van der Waals surface area contributed by atoms with E-state index in [0.717, 1.165) is 36.7 Å². The van der Waals surface area contributed by atoms with Crippen LogP contribution in [0, 0.1) is 0 Å². The monoisotopic (exact) mass is 315 g/mol. The van der Waals surface area contributed by atoms with Gasteiger partial charge in [-0.05, 0) is 43.7 Å². The standard InChI is InChI=1S/C13H25N5O2S/c1-5-14-13(3,11(19)20-6-2)9-7-8-10-21-12-15-16-17-18(12)4/h14H,5-10H2,1-4H3. The van der Waals surface area contributed by atoms with Crippen LogP contribution < -0.4 is 5.32 Å². The summed E-state index contributed by atoms with van der Waals surface area (Å²) in [6.07, 6.45) is 2.70. The Bertz CT molecular complexity index is 440. The molecule has 1 aromatic heterocycles. The maximum Gasteiger partial charge on any atom is 0.326 e. The van der Waals surface area contributed by atoms with Gasteiger partial charge in [-0.15, -0.1) is 5.10 Å². The first kappa shape index (κ1) is 17.9. The van der Waals surface area contributed by atoms with E-state index in [-0.39, 0.29) is 5.97 Å². The van der Waals surface area contributed by atoms with Crippen molar-refractivity contribution >= 4 is 17.7 Å². The molecule has 0 aliphatic rings. The quantitative estimate of drug-likeness (QED) is 0.397. The predicted octanol–water partition coefficient (Wildman–Crippen LogP) is 1.40. The number of rotatable bonds is 10. The molecule has 0 saturated carbocycles. The highest BCUT2D eigenvalue weighted by molar-refractivity contribution is 7.99. The molecule has 0 amide bonds. The summed E-state index contributed by atoms with van der Waals surface area (Å²) in [4.78, 5) is 12.0. The fourth-order valence-electron chi connectivity index (χ4n) is 2.03. The number of carbonyl (C=O) groups excluding carboxylic acids is 1. The number of tetrazole rings is 1. The van der Waals surface area contributed by atoms with Gasteiger partial charge in [-0.25, -0.2) is 4.68 Å². The zero-order valence-corrected chi connectivity index (χ0v) is 14.1. The highest BCUT2D eigenvalue weighted by Gasteiger charge is 2.32. The van der Waals surface area contributed by atoms with E-state index in [1.165, 1.54) is 0 Å². The Morgan fingerprint density at radius 1 is 1.43 bits per heavy atom. The van der Waals surface area contributed by atoms with Crippen molar-refractivity contribution in [1.29, 1.82) is 0 Å². The third-order valence-corrected chi connectivity index (χ3v) is 4.27. The molecule has 0 aromatic carbocycles. The average molecular weight is 315 g/mol. The van der Waals surface area contributed by atoms with Gasteiger partial charge in [0, 0.05) is 12.8 Å². The minimum atomic E-state index is -0.595. The number of nitrogens with zero attached hydrogens (tertiary/aromatic N) is 4. The first-order valence-electron chi connectivity index (χ1n) is 7.31. The van der Waals surface area contributed by atoms with Crippen molar-refractivity contribution in [1.82, 2.24) is 25.5 Å². The van der Waals surface area contributed by atoms with E-state index in [1.807, 2.05) is 27.8 Å². The van der Waals surface area contributed by atoms with Gasteiger partial charge in [0.1, 0.15) is 5.54 Å². The van der Waals surface area contributed by atoms with E-state index in [1.54, 1.807) is 16.4 Å². The molecule has 0 aliphatic carbocycles. The number of unbranched alkanes of at least 4 members (excludes halogenated alkanes) is 1. The second-order valence-corrected chi connectivity index (χ2v) is 6.04. The number of nitrogens with one attached hydrogen (secondary N) is 1. The summed E-state index contributed by atoms with van der Waals surface area (Å²) in [5.41, 5.74) is -0.595. The normalized spacial score (nSPS) is 13.9. The summed E-state index contributed by atoms with van der Waals surface area (Å²) >= 11 is 1.63. The average Bonchev–Trinajstić information content (AvgIpc) is 2.84. The molecule has 1 aromatic rings. The van der Waals surface area contributed by atoms with Gasteiger partial charge in [0.05, 0.1) is 6.61 Å². The molecule has 1 N–H and O–H groups in total. The first-order chi connectivity index (χ1) is 10.0. The van der Waals surface area contributed by atoms with Crippen LogP contribution in [0.2, 0.25) is 0 Å². The van der Waals surface area contributed by atoms with Crippen molar-refractivity contribution in [2.75, 3.05) is 18.9 Å². The largest absolute Gasteiger partial charge is 0.465 e. The molecule has 0 aliphatic heterocycles. The molecule has 0 spiro atoms. The highest BCUT2D eigenvalue weighted by atomic mass is 32.2. The second-order valence-electron chi connectivity index (χ2n) is 4.97. The van der Waals surface area contributed by atoms with Crippen LogP contribution in [-0.4, -0.2) is 50.6 Å². The van der Waals surface area contributed by atoms with Gasteiger partial charge in [0.15, 0.2) is 0 Å². The Balaban J connectivity index is 2.33. The Kier molecular flexibility index (Phi) is 7.66. The summed E-state index contributed by atoms with van der Waals surface area (Å²) in [5.74, 6) is 0.760. The number of hydrogen-bond donors (Lipinski definition) is 1. The number of likely N-dealkylation sites (N-methyl/N-ethyl adjacent to an activating group) is 1. The van der Waals surface area contributed by atoms with Gasteiger partial charge in [-0.2, -0.15) is 0 Å². The van der Waals surface area contributed by atoms with Crippen molar-refractivity contribution in [2.24, 2.45) is 7.05 Å². The molecule has 0 radical (unpaired) electrons. The third-order valence-electron chi connectivity index (χ3n) is 3.18. The van der Waals surface area contributed by atoms with Gasteiger partial charge in [-0.1, -0.05) is 25.1 Å². The van der Waals surface area contributed by atoms with E-state index in [4.69, 9.17) is 4.74 Å².